The summed E-state index contributed by atoms with van der Waals surface area (Å²) >= 11 is 0. The number of aromatic amines is 1. The number of nitrogens with zero attached hydrogens (tertiary/aromatic N) is 4. The standard InChI is InChI=1S/C13H19N5/c1-13(2)4-3-6-18(7-5-13)12-10-11(15-8-14-10)16-9-17-12/h8-9H,3-7H2,1-2H3,(H,14,15,16,17). The van der Waals surface area contributed by atoms with Gasteiger partial charge in [0.05, 0.1) is 6.33 Å². The highest BCUT2D eigenvalue weighted by Gasteiger charge is 2.24. The van der Waals surface area contributed by atoms with Crippen LogP contribution in [0.15, 0.2) is 12.7 Å². The molecule has 2 aromatic rings. The zero-order chi connectivity index (χ0) is 12.6. The molecule has 3 heterocycles. The molecule has 0 amide bonds. The van der Waals surface area contributed by atoms with Crippen LogP contribution in [0.1, 0.15) is 33.1 Å². The number of imidazole rings is 1. The molecule has 1 saturated heterocycles. The first-order valence-corrected chi connectivity index (χ1v) is 6.55. The van der Waals surface area contributed by atoms with Gasteiger partial charge in [0.25, 0.3) is 0 Å². The largest absolute Gasteiger partial charge is 0.355 e. The summed E-state index contributed by atoms with van der Waals surface area (Å²) in [5.74, 6) is 0.996. The van der Waals surface area contributed by atoms with E-state index in [2.05, 4.69) is 38.7 Å². The van der Waals surface area contributed by atoms with Crippen molar-refractivity contribution in [1.29, 1.82) is 0 Å². The number of hydrogen-bond donors (Lipinski definition) is 1. The molecule has 0 aliphatic carbocycles. The van der Waals surface area contributed by atoms with E-state index in [1.165, 1.54) is 19.3 Å². The van der Waals surface area contributed by atoms with Gasteiger partial charge < -0.3 is 9.88 Å². The highest BCUT2D eigenvalue weighted by molar-refractivity contribution is 5.82. The zero-order valence-electron chi connectivity index (χ0n) is 11.0. The van der Waals surface area contributed by atoms with E-state index in [4.69, 9.17) is 0 Å². The number of nitrogens with one attached hydrogen (secondary N) is 1. The molecule has 1 aliphatic rings. The number of anilines is 1. The van der Waals surface area contributed by atoms with Crippen LogP contribution < -0.4 is 4.90 Å². The van der Waals surface area contributed by atoms with E-state index >= 15 is 0 Å². The molecule has 0 radical (unpaired) electrons. The Balaban J connectivity index is 1.92. The van der Waals surface area contributed by atoms with Gasteiger partial charge in [-0.1, -0.05) is 13.8 Å². The van der Waals surface area contributed by atoms with Gasteiger partial charge in [0.1, 0.15) is 11.8 Å². The summed E-state index contributed by atoms with van der Waals surface area (Å²) in [6.07, 6.45) is 6.99. The third-order valence-electron chi connectivity index (χ3n) is 3.84. The summed E-state index contributed by atoms with van der Waals surface area (Å²) in [5.41, 5.74) is 2.15. The first-order chi connectivity index (χ1) is 8.66. The molecule has 0 bridgehead atoms. The lowest BCUT2D eigenvalue weighted by molar-refractivity contribution is 0.325. The molecular weight excluding hydrogens is 226 g/mol. The topological polar surface area (TPSA) is 57.7 Å². The summed E-state index contributed by atoms with van der Waals surface area (Å²) in [5, 5.41) is 0. The van der Waals surface area contributed by atoms with Gasteiger partial charge in [0.2, 0.25) is 0 Å². The summed E-state index contributed by atoms with van der Waals surface area (Å²) in [6, 6.07) is 0. The quantitative estimate of drug-likeness (QED) is 0.838. The predicted molar refractivity (Wildman–Crippen MR) is 71.5 cm³/mol. The van der Waals surface area contributed by atoms with Crippen molar-refractivity contribution in [2.75, 3.05) is 18.0 Å². The second-order valence-corrected chi connectivity index (χ2v) is 5.80. The summed E-state index contributed by atoms with van der Waals surface area (Å²) in [6.45, 7) is 6.82. The third kappa shape index (κ3) is 2.05. The van der Waals surface area contributed by atoms with Crippen molar-refractivity contribution in [3.8, 4) is 0 Å². The van der Waals surface area contributed by atoms with Gasteiger partial charge in [-0.15, -0.1) is 0 Å². The first kappa shape index (κ1) is 11.4. The molecule has 5 heteroatoms. The second-order valence-electron chi connectivity index (χ2n) is 5.80. The molecule has 96 valence electrons. The first-order valence-electron chi connectivity index (χ1n) is 6.55. The Morgan fingerprint density at radius 1 is 1.17 bits per heavy atom. The zero-order valence-corrected chi connectivity index (χ0v) is 11.0. The van der Waals surface area contributed by atoms with Crippen molar-refractivity contribution in [2.45, 2.75) is 33.1 Å². The van der Waals surface area contributed by atoms with Crippen molar-refractivity contribution in [3.63, 3.8) is 0 Å². The molecule has 0 saturated carbocycles. The molecule has 0 unspecified atom stereocenters. The number of aromatic nitrogens is 4. The van der Waals surface area contributed by atoms with Crippen LogP contribution in [0.4, 0.5) is 5.82 Å². The van der Waals surface area contributed by atoms with Gasteiger partial charge in [-0.2, -0.15) is 0 Å². The van der Waals surface area contributed by atoms with Crippen LogP contribution >= 0.6 is 0 Å². The van der Waals surface area contributed by atoms with Crippen LogP contribution in [0, 0.1) is 5.41 Å². The fourth-order valence-corrected chi connectivity index (χ4v) is 2.63. The van der Waals surface area contributed by atoms with Crippen molar-refractivity contribution in [1.82, 2.24) is 19.9 Å². The van der Waals surface area contributed by atoms with Crippen molar-refractivity contribution < 1.29 is 0 Å². The molecule has 2 aromatic heterocycles. The molecule has 1 aliphatic heterocycles. The lowest BCUT2D eigenvalue weighted by Crippen LogP contribution is -2.26. The summed E-state index contributed by atoms with van der Waals surface area (Å²) in [7, 11) is 0. The minimum atomic E-state index is 0.439. The van der Waals surface area contributed by atoms with E-state index < -0.39 is 0 Å². The molecule has 0 atom stereocenters. The van der Waals surface area contributed by atoms with Crippen molar-refractivity contribution in [2.24, 2.45) is 5.41 Å². The molecule has 5 nitrogen and oxygen atoms in total. The van der Waals surface area contributed by atoms with E-state index in [0.29, 0.717) is 5.41 Å². The normalized spacial score (nSPS) is 20.0. The molecule has 18 heavy (non-hydrogen) atoms. The van der Waals surface area contributed by atoms with Crippen LogP contribution in [0.2, 0.25) is 0 Å². The Bertz CT molecular complexity index is 545. The average molecular weight is 245 g/mol. The molecule has 0 aromatic carbocycles. The third-order valence-corrected chi connectivity index (χ3v) is 3.84. The van der Waals surface area contributed by atoms with Crippen LogP contribution in [-0.4, -0.2) is 33.0 Å². The molecule has 1 N–H and O–H groups in total. The fourth-order valence-electron chi connectivity index (χ4n) is 2.63. The van der Waals surface area contributed by atoms with Gasteiger partial charge in [-0.3, -0.25) is 0 Å². The van der Waals surface area contributed by atoms with Crippen molar-refractivity contribution >= 4 is 17.0 Å². The van der Waals surface area contributed by atoms with Gasteiger partial charge in [0.15, 0.2) is 11.5 Å². The Kier molecular flexibility index (Phi) is 2.69. The Morgan fingerprint density at radius 2 is 2.06 bits per heavy atom. The minimum Gasteiger partial charge on any atom is -0.355 e. The van der Waals surface area contributed by atoms with Crippen LogP contribution in [0.5, 0.6) is 0 Å². The van der Waals surface area contributed by atoms with Crippen LogP contribution in [0.3, 0.4) is 0 Å². The predicted octanol–water partition coefficient (Wildman–Crippen LogP) is 2.37. The van der Waals surface area contributed by atoms with E-state index in [1.54, 1.807) is 12.7 Å². The number of fused-ring (bicyclic) bond motifs is 1. The van der Waals surface area contributed by atoms with Gasteiger partial charge in [-0.25, -0.2) is 15.0 Å². The lowest BCUT2D eigenvalue weighted by atomic mass is 9.85. The van der Waals surface area contributed by atoms with Crippen LogP contribution in [-0.2, 0) is 0 Å². The smallest absolute Gasteiger partial charge is 0.182 e. The maximum Gasteiger partial charge on any atom is 0.182 e. The van der Waals surface area contributed by atoms with Crippen LogP contribution in [0.25, 0.3) is 11.2 Å². The number of H-pyrrole nitrogens is 1. The van der Waals surface area contributed by atoms with Crippen molar-refractivity contribution in [3.05, 3.63) is 12.7 Å². The summed E-state index contributed by atoms with van der Waals surface area (Å²) < 4.78 is 0. The number of hydrogen-bond acceptors (Lipinski definition) is 4. The van der Waals surface area contributed by atoms with E-state index in [0.717, 1.165) is 30.1 Å². The minimum absolute atomic E-state index is 0.439. The lowest BCUT2D eigenvalue weighted by Gasteiger charge is -2.24. The maximum atomic E-state index is 4.44. The average Bonchev–Trinajstić information content (AvgIpc) is 2.74. The molecule has 3 rings (SSSR count). The summed E-state index contributed by atoms with van der Waals surface area (Å²) in [4.78, 5) is 18.3. The highest BCUT2D eigenvalue weighted by atomic mass is 15.2. The van der Waals surface area contributed by atoms with E-state index in [-0.39, 0.29) is 0 Å². The number of rotatable bonds is 1. The highest BCUT2D eigenvalue weighted by Crippen LogP contribution is 2.32. The monoisotopic (exact) mass is 245 g/mol. The maximum absolute atomic E-state index is 4.44. The molecular formula is C13H19N5. The molecule has 1 fully saturated rings. The van der Waals surface area contributed by atoms with E-state index in [9.17, 15) is 0 Å². The molecule has 0 spiro atoms. The Labute approximate surface area is 107 Å². The Hall–Kier alpha value is -1.65. The van der Waals surface area contributed by atoms with E-state index in [1.807, 2.05) is 0 Å². The Morgan fingerprint density at radius 3 is 2.94 bits per heavy atom. The second kappa shape index (κ2) is 4.23. The van der Waals surface area contributed by atoms with Gasteiger partial charge in [-0.05, 0) is 24.7 Å². The fraction of sp³-hybridized carbons (Fsp3) is 0.615. The SMILES string of the molecule is CC1(C)CCCN(c2ncnc3nc[nH]c23)CC1. The van der Waals surface area contributed by atoms with Gasteiger partial charge >= 0.3 is 0 Å². The van der Waals surface area contributed by atoms with Gasteiger partial charge in [0, 0.05) is 13.1 Å².